The number of fused-ring (bicyclic) bond motifs is 5. The summed E-state index contributed by atoms with van der Waals surface area (Å²) in [6.45, 7) is 41.6. The fourth-order valence-corrected chi connectivity index (χ4v) is 21.6. The first-order valence-electron chi connectivity index (χ1n) is 51.6. The maximum absolute atomic E-state index is 12.7. The first-order valence-corrected chi connectivity index (χ1v) is 55.7. The zero-order chi connectivity index (χ0) is 103. The number of piperidine rings is 5. The predicted octanol–water partition coefficient (Wildman–Crippen LogP) is 16.2. The number of nitrogens with one attached hydrogen (secondary N) is 10. The highest BCUT2D eigenvalue weighted by atomic mass is 35.5. The molecule has 0 radical (unpaired) electrons. The highest BCUT2D eigenvalue weighted by Crippen LogP contribution is 2.55. The lowest BCUT2D eigenvalue weighted by atomic mass is 10.0. The number of anilines is 5. The van der Waals surface area contributed by atoms with E-state index in [0.29, 0.717) is 105 Å². The number of nitrogens with zero attached hydrogens (tertiary/aromatic N) is 15. The minimum atomic E-state index is -1.15. The van der Waals surface area contributed by atoms with Crippen LogP contribution in [-0.2, 0) is 59.0 Å². The van der Waals surface area contributed by atoms with Gasteiger partial charge in [-0.25, -0.2) is 59.4 Å². The molecule has 10 aromatic heterocycles. The van der Waals surface area contributed by atoms with Crippen LogP contribution in [0.5, 0.6) is 0 Å². The van der Waals surface area contributed by atoms with E-state index in [9.17, 15) is 24.0 Å². The van der Waals surface area contributed by atoms with Crippen LogP contribution in [0.4, 0.5) is 38.7 Å². The van der Waals surface area contributed by atoms with Crippen molar-refractivity contribution in [2.75, 3.05) is 167 Å². The standard InChI is InChI=1S/C27H45N5O4Si.C21H31N5O3.2C19H25N5O2.C16H23N5O.C3H3ClO/c1-27(2,3)36-26(33)31-10-8-9-20(14-31)30-24-23-22(21-13-19(21)16-34-4)15-32(25(23)29-17-28-24)18-35-11-12-37(5,6)7;1-21(2,3)29-20(27)26-7-5-6-14(10-26)25-19-17-16(15-8-13(15)11-28-4)9-22-18(17)23-12-24-19;2*1-3-16(25)24-6-4-5-13(9-24)23-19-17-15(14-7-12(14)10-26-2)8-20-18(17)21-11-22-19;1-22-8-10-5-12(10)13-7-18-15-14(13)16(20-9-19-15)21-11-3-2-4-17-6-11;1-2-3(4)5/h15,17,19-21H,8-14,16,18H2,1-7H3,(H,28,29,30);9,12-15H,5-8,10-11H2,1-4H3,(H2,22,23,24,25);2*3,8,11-14H,1,4-7,9-10H2,2H3,(H2,20,21,22,23);7,9-12,17H,2-6,8H2,1H3,(H2,18,19,20,21);2H,1H2/t19?,20-,21?;13?,14-,15?;12?,13-,14?;12-,13-,14+;10?,11-,12?;/m11111./s1. The number of aromatic nitrogens is 15. The number of allylic oxidation sites excluding steroid dienone is 1. The van der Waals surface area contributed by atoms with Crippen LogP contribution < -0.4 is 31.9 Å². The Morgan fingerprint density at radius 1 is 0.421 bits per heavy atom. The van der Waals surface area contributed by atoms with Gasteiger partial charge in [0, 0.05) is 203 Å². The van der Waals surface area contributed by atoms with E-state index in [1.54, 1.807) is 77.0 Å². The molecule has 20 rings (SSSR count). The number of H-pyrrole nitrogens is 4. The van der Waals surface area contributed by atoms with E-state index in [-0.39, 0.29) is 48.2 Å². The minimum Gasteiger partial charge on any atom is -0.444 e. The second-order valence-corrected chi connectivity index (χ2v) is 49.3. The first-order chi connectivity index (χ1) is 69.9. The molecule has 0 aromatic carbocycles. The second kappa shape index (κ2) is 49.5. The number of likely N-dealkylation sites (tertiary alicyclic amines) is 4. The summed E-state index contributed by atoms with van der Waals surface area (Å²) in [5.41, 5.74) is 9.77. The summed E-state index contributed by atoms with van der Waals surface area (Å²) in [5, 5.41) is 26.3. The molecule has 5 saturated carbocycles. The molecule has 5 aliphatic heterocycles. The van der Waals surface area contributed by atoms with E-state index in [2.05, 4.69) is 177 Å². The molecular weight excluding hydrogens is 1880 g/mol. The van der Waals surface area contributed by atoms with Crippen LogP contribution in [0.2, 0.25) is 25.7 Å². The smallest absolute Gasteiger partial charge is 0.410 e. The number of amides is 4. The zero-order valence-corrected chi connectivity index (χ0v) is 88.8. The van der Waals surface area contributed by atoms with Crippen LogP contribution in [-0.4, -0.2) is 313 Å². The van der Waals surface area contributed by atoms with E-state index in [1.165, 1.54) is 59.2 Å². The largest absolute Gasteiger partial charge is 0.444 e. The van der Waals surface area contributed by atoms with Crippen molar-refractivity contribution in [3.8, 4) is 0 Å². The third-order valence-electron chi connectivity index (χ3n) is 28.5. The van der Waals surface area contributed by atoms with Gasteiger partial charge in [-0.2, -0.15) is 0 Å². The predicted molar refractivity (Wildman–Crippen MR) is 567 cm³/mol. The maximum atomic E-state index is 12.7. The van der Waals surface area contributed by atoms with E-state index in [1.807, 2.05) is 51.3 Å². The Labute approximate surface area is 856 Å². The molecule has 0 spiro atoms. The Morgan fingerprint density at radius 3 is 1.03 bits per heavy atom. The Kier molecular flexibility index (Phi) is 36.8. The Hall–Kier alpha value is -11.3. The van der Waals surface area contributed by atoms with E-state index in [0.717, 1.165) is 246 Å². The molecule has 0 bridgehead atoms. The van der Waals surface area contributed by atoms with Gasteiger partial charge in [-0.3, -0.25) is 14.4 Å². The number of hydrogen-bond acceptors (Lipinski definition) is 29. The minimum absolute atomic E-state index is 0.00736. The van der Waals surface area contributed by atoms with Crippen molar-refractivity contribution in [3.05, 3.63) is 128 Å². The first kappa shape index (κ1) is 108. The average molecular weight is 2040 g/mol. The molecule has 10 N–H and O–H groups in total. The number of methoxy groups -OCH3 is 5. The molecule has 8 unspecified atom stereocenters. The Morgan fingerprint density at radius 2 is 0.724 bits per heavy atom. The quantitative estimate of drug-likeness (QED) is 0.00790. The van der Waals surface area contributed by atoms with E-state index < -0.39 is 24.5 Å². The van der Waals surface area contributed by atoms with Gasteiger partial charge in [0.05, 0.1) is 26.9 Å². The number of hydrogen-bond donors (Lipinski definition) is 10. The molecule has 15 heterocycles. The van der Waals surface area contributed by atoms with Gasteiger partial charge in [-0.1, -0.05) is 39.4 Å². The molecule has 10 aromatic rings. The van der Waals surface area contributed by atoms with Gasteiger partial charge in [0.25, 0.3) is 0 Å². The molecule has 10 fully saturated rings. The lowest BCUT2D eigenvalue weighted by Gasteiger charge is -2.34. The third-order valence-corrected chi connectivity index (χ3v) is 30.4. The van der Waals surface area contributed by atoms with Crippen LogP contribution in [0.25, 0.3) is 55.2 Å². The van der Waals surface area contributed by atoms with Crippen molar-refractivity contribution in [2.24, 2.45) is 29.6 Å². The number of carbonyl (C=O) groups excluding carboxylic acids is 5. The van der Waals surface area contributed by atoms with Crippen LogP contribution in [0, 0.1) is 29.6 Å². The molecular formula is C105H152ClN25O13Si. The number of ether oxygens (including phenoxy) is 8. The van der Waals surface area contributed by atoms with Crippen molar-refractivity contribution in [3.63, 3.8) is 0 Å². The lowest BCUT2D eigenvalue weighted by molar-refractivity contribution is -0.127. The van der Waals surface area contributed by atoms with Gasteiger partial charge < -0.3 is 114 Å². The van der Waals surface area contributed by atoms with Crippen molar-refractivity contribution in [1.29, 1.82) is 0 Å². The van der Waals surface area contributed by atoms with Gasteiger partial charge in [0.15, 0.2) is 0 Å². The Bertz CT molecular complexity index is 5910. The van der Waals surface area contributed by atoms with Crippen molar-refractivity contribution in [1.82, 2.24) is 99.3 Å². The van der Waals surface area contributed by atoms with Gasteiger partial charge in [-0.05, 0) is 267 Å². The van der Waals surface area contributed by atoms with Crippen LogP contribution in [0.1, 0.15) is 195 Å². The van der Waals surface area contributed by atoms with E-state index >= 15 is 0 Å². The zero-order valence-electron chi connectivity index (χ0n) is 87.0. The number of carbonyl (C=O) groups is 5. The molecule has 10 aliphatic rings. The van der Waals surface area contributed by atoms with Crippen LogP contribution in [0.3, 0.4) is 0 Å². The summed E-state index contributed by atoms with van der Waals surface area (Å²) in [4.78, 5) is 124. The number of halogens is 1. The molecule has 4 amide bonds. The molecule has 786 valence electrons. The van der Waals surface area contributed by atoms with Crippen molar-refractivity contribution < 1.29 is 61.9 Å². The Balaban J connectivity index is 0.000000136. The molecule has 15 atom stereocenters. The average Bonchev–Trinajstić information content (AvgIpc) is 1.59. The highest BCUT2D eigenvalue weighted by Gasteiger charge is 2.46. The fourth-order valence-electron chi connectivity index (χ4n) is 20.8. The second-order valence-electron chi connectivity index (χ2n) is 43.3. The molecule has 145 heavy (non-hydrogen) atoms. The summed E-state index contributed by atoms with van der Waals surface area (Å²) in [5.74, 6) is 9.68. The summed E-state index contributed by atoms with van der Waals surface area (Å²) in [6.07, 6.45) is 37.7. The van der Waals surface area contributed by atoms with Crippen molar-refractivity contribution >= 4 is 133 Å². The van der Waals surface area contributed by atoms with Gasteiger partial charge in [0.2, 0.25) is 17.1 Å². The molecule has 5 aliphatic carbocycles. The summed E-state index contributed by atoms with van der Waals surface area (Å²) < 4.78 is 46.0. The highest BCUT2D eigenvalue weighted by molar-refractivity contribution is 6.76. The van der Waals surface area contributed by atoms with Gasteiger partial charge in [-0.15, -0.1) is 0 Å². The van der Waals surface area contributed by atoms with Crippen LogP contribution >= 0.6 is 11.6 Å². The SMILES string of the molecule is C=CC(=O)Cl.C=CC(=O)N1CCC[C@@H](Nc2ncnc3[nH]cc(C4CC4COC)c23)C1.C=CC(=O)N1CCC[C@@H](Nc2ncnc3[nH]cc([C@H]4C[C@@H]4COC)c23)C1.COCC1CC1c1c[nH]c2ncnc(N[C@@H]3CCCN(C(=O)OC(C)(C)C)C3)c12.COCC1CC1c1c[nH]c2ncnc(N[C@@H]3CCCNC3)c12.COCC1CC1c1cn(COCC[Si](C)(C)C)c2ncnc(N[C@@H]3CCCN(C(=O)OC(C)(C)C)C3)c12. The van der Waals surface area contributed by atoms with Crippen molar-refractivity contribution in [2.45, 2.75) is 241 Å². The normalized spacial score (nSPS) is 24.1. The summed E-state index contributed by atoms with van der Waals surface area (Å²) in [6, 6.07) is 2.17. The topological polar surface area (TPSA) is 441 Å². The number of rotatable bonds is 33. The molecule has 38 nitrogen and oxygen atoms in total. The summed E-state index contributed by atoms with van der Waals surface area (Å²) in [7, 11) is 7.64. The van der Waals surface area contributed by atoms with Crippen LogP contribution in [0.15, 0.2) is 101 Å². The van der Waals surface area contributed by atoms with E-state index in [4.69, 9.17) is 49.5 Å². The molecule has 5 saturated heterocycles. The third kappa shape index (κ3) is 29.0. The summed E-state index contributed by atoms with van der Waals surface area (Å²) >= 11 is 4.71. The number of aromatic amines is 4. The monoisotopic (exact) mass is 2030 g/mol. The fraction of sp³-hybridized carbons (Fsp3) is 0.610. The maximum Gasteiger partial charge on any atom is 0.410 e. The van der Waals surface area contributed by atoms with Gasteiger partial charge in [0.1, 0.15) is 107 Å². The van der Waals surface area contributed by atoms with Gasteiger partial charge >= 0.3 is 12.2 Å². The molecule has 40 heteroatoms. The lowest BCUT2D eigenvalue weighted by Crippen LogP contribution is -2.47.